The summed E-state index contributed by atoms with van der Waals surface area (Å²) in [5.74, 6) is 0.292. The highest BCUT2D eigenvalue weighted by Crippen LogP contribution is 2.22. The van der Waals surface area contributed by atoms with Gasteiger partial charge in [-0.3, -0.25) is 4.79 Å². The predicted octanol–water partition coefficient (Wildman–Crippen LogP) is 3.46. The number of carbonyl (C=O) groups is 1. The van der Waals surface area contributed by atoms with Gasteiger partial charge in [0.05, 0.1) is 17.8 Å². The highest BCUT2D eigenvalue weighted by molar-refractivity contribution is 5.83. The second-order valence-corrected chi connectivity index (χ2v) is 5.89. The first-order chi connectivity index (χ1) is 13.6. The quantitative estimate of drug-likeness (QED) is 0.512. The number of nitrogens with one attached hydrogen (secondary N) is 1. The van der Waals surface area contributed by atoms with Crippen molar-refractivity contribution in [3.63, 3.8) is 0 Å². The second-order valence-electron chi connectivity index (χ2n) is 5.89. The van der Waals surface area contributed by atoms with Crippen molar-refractivity contribution in [2.24, 2.45) is 5.10 Å². The van der Waals surface area contributed by atoms with E-state index >= 15 is 0 Å². The molecule has 3 aromatic carbocycles. The third-order valence-corrected chi connectivity index (χ3v) is 3.84. The number of nitriles is 1. The van der Waals surface area contributed by atoms with Crippen molar-refractivity contribution in [2.75, 3.05) is 6.61 Å². The predicted molar refractivity (Wildman–Crippen MR) is 106 cm³/mol. The molecule has 0 fully saturated rings. The van der Waals surface area contributed by atoms with E-state index in [1.54, 1.807) is 42.5 Å². The number of benzene rings is 3. The van der Waals surface area contributed by atoms with E-state index in [0.717, 1.165) is 11.1 Å². The molecular formula is C22H17N3O3. The average molecular weight is 371 g/mol. The number of carbonyl (C=O) groups excluding carboxylic acids is 1. The Kier molecular flexibility index (Phi) is 6.01. The monoisotopic (exact) mass is 371 g/mol. The Labute approximate surface area is 162 Å². The first kappa shape index (κ1) is 18.7. The molecule has 0 atom stereocenters. The second kappa shape index (κ2) is 9.01. The standard InChI is InChI=1S/C22H17N3O3/c23-13-16-4-6-18(7-5-16)19-8-10-21(11-9-19)28-15-22(27)25-24-14-17-2-1-3-20(26)12-17/h1-12,14,26H,15H2,(H,25,27)/b24-14+. The molecule has 0 saturated heterocycles. The molecule has 138 valence electrons. The van der Waals surface area contributed by atoms with Gasteiger partial charge in [0, 0.05) is 0 Å². The van der Waals surface area contributed by atoms with E-state index in [9.17, 15) is 9.90 Å². The zero-order valence-corrected chi connectivity index (χ0v) is 14.9. The molecule has 0 bridgehead atoms. The van der Waals surface area contributed by atoms with Crippen LogP contribution in [0.4, 0.5) is 0 Å². The highest BCUT2D eigenvalue weighted by Gasteiger charge is 2.03. The Balaban J connectivity index is 1.50. The van der Waals surface area contributed by atoms with Crippen molar-refractivity contribution in [3.05, 3.63) is 83.9 Å². The summed E-state index contributed by atoms with van der Waals surface area (Å²) in [4.78, 5) is 11.8. The Hall–Kier alpha value is -4.11. The van der Waals surface area contributed by atoms with Gasteiger partial charge in [0.25, 0.3) is 5.91 Å². The number of hydrogen-bond acceptors (Lipinski definition) is 5. The molecule has 0 aromatic heterocycles. The van der Waals surface area contributed by atoms with Gasteiger partial charge in [-0.15, -0.1) is 0 Å². The van der Waals surface area contributed by atoms with E-state index in [-0.39, 0.29) is 12.4 Å². The van der Waals surface area contributed by atoms with Crippen LogP contribution in [0, 0.1) is 11.3 Å². The highest BCUT2D eigenvalue weighted by atomic mass is 16.5. The number of phenolic OH excluding ortho intramolecular Hbond substituents is 1. The maximum Gasteiger partial charge on any atom is 0.277 e. The summed E-state index contributed by atoms with van der Waals surface area (Å²) in [7, 11) is 0. The minimum absolute atomic E-state index is 0.128. The molecule has 3 rings (SSSR count). The third kappa shape index (κ3) is 5.19. The van der Waals surface area contributed by atoms with Gasteiger partial charge in [0.2, 0.25) is 0 Å². The first-order valence-electron chi connectivity index (χ1n) is 8.48. The molecule has 0 aliphatic heterocycles. The fraction of sp³-hybridized carbons (Fsp3) is 0.0455. The van der Waals surface area contributed by atoms with E-state index < -0.39 is 5.91 Å². The number of rotatable bonds is 6. The molecule has 1 amide bonds. The number of ether oxygens (including phenoxy) is 1. The number of hydrazone groups is 1. The first-order valence-corrected chi connectivity index (χ1v) is 8.48. The lowest BCUT2D eigenvalue weighted by molar-refractivity contribution is -0.123. The van der Waals surface area contributed by atoms with Crippen LogP contribution in [0.2, 0.25) is 0 Å². The largest absolute Gasteiger partial charge is 0.508 e. The molecule has 0 spiro atoms. The van der Waals surface area contributed by atoms with E-state index in [2.05, 4.69) is 16.6 Å². The van der Waals surface area contributed by atoms with E-state index in [4.69, 9.17) is 10.00 Å². The zero-order valence-electron chi connectivity index (χ0n) is 14.9. The van der Waals surface area contributed by atoms with Gasteiger partial charge < -0.3 is 9.84 Å². The molecule has 28 heavy (non-hydrogen) atoms. The molecule has 6 heteroatoms. The van der Waals surface area contributed by atoms with Crippen molar-refractivity contribution in [3.8, 4) is 28.7 Å². The summed E-state index contributed by atoms with van der Waals surface area (Å²) in [5.41, 5.74) is 5.62. The topological polar surface area (TPSA) is 94.7 Å². The summed E-state index contributed by atoms with van der Waals surface area (Å²) < 4.78 is 5.45. The van der Waals surface area contributed by atoms with Crippen molar-refractivity contribution in [1.29, 1.82) is 5.26 Å². The van der Waals surface area contributed by atoms with Crippen molar-refractivity contribution in [1.82, 2.24) is 5.43 Å². The lowest BCUT2D eigenvalue weighted by Crippen LogP contribution is -2.24. The Bertz CT molecular complexity index is 1020. The molecule has 3 aromatic rings. The van der Waals surface area contributed by atoms with Crippen molar-refractivity contribution in [2.45, 2.75) is 0 Å². The summed E-state index contributed by atoms with van der Waals surface area (Å²) >= 11 is 0. The van der Waals surface area contributed by atoms with E-state index in [0.29, 0.717) is 16.9 Å². The van der Waals surface area contributed by atoms with E-state index in [1.165, 1.54) is 12.3 Å². The lowest BCUT2D eigenvalue weighted by atomic mass is 10.0. The van der Waals surface area contributed by atoms with Crippen LogP contribution in [0.3, 0.4) is 0 Å². The zero-order chi connectivity index (χ0) is 19.8. The SMILES string of the molecule is N#Cc1ccc(-c2ccc(OCC(=O)N/N=C/c3cccc(O)c3)cc2)cc1. The fourth-order valence-corrected chi connectivity index (χ4v) is 2.45. The van der Waals surface area contributed by atoms with Crippen molar-refractivity contribution < 1.29 is 14.6 Å². The molecule has 0 saturated carbocycles. The Morgan fingerprint density at radius 3 is 2.39 bits per heavy atom. The molecule has 0 aliphatic carbocycles. The number of hydrogen-bond donors (Lipinski definition) is 2. The Morgan fingerprint density at radius 2 is 1.75 bits per heavy atom. The molecule has 0 heterocycles. The minimum atomic E-state index is -0.396. The van der Waals surface area contributed by atoms with Crippen LogP contribution in [0.1, 0.15) is 11.1 Å². The lowest BCUT2D eigenvalue weighted by Gasteiger charge is -2.07. The fourth-order valence-electron chi connectivity index (χ4n) is 2.45. The van der Waals surface area contributed by atoms with Gasteiger partial charge in [-0.2, -0.15) is 10.4 Å². The molecule has 6 nitrogen and oxygen atoms in total. The van der Waals surface area contributed by atoms with Crippen LogP contribution in [0.25, 0.3) is 11.1 Å². The molecule has 0 aliphatic rings. The third-order valence-electron chi connectivity index (χ3n) is 3.84. The molecular weight excluding hydrogens is 354 g/mol. The van der Waals surface area contributed by atoms with Gasteiger partial charge in [-0.05, 0) is 53.1 Å². The summed E-state index contributed by atoms with van der Waals surface area (Å²) in [5, 5.41) is 22.0. The van der Waals surface area contributed by atoms with Gasteiger partial charge >= 0.3 is 0 Å². The molecule has 0 unspecified atom stereocenters. The number of aromatic hydroxyl groups is 1. The number of nitrogens with zero attached hydrogens (tertiary/aromatic N) is 2. The van der Waals surface area contributed by atoms with Crippen LogP contribution >= 0.6 is 0 Å². The van der Waals surface area contributed by atoms with Crippen LogP contribution in [0.5, 0.6) is 11.5 Å². The van der Waals surface area contributed by atoms with Crippen molar-refractivity contribution >= 4 is 12.1 Å². The van der Waals surface area contributed by atoms with Gasteiger partial charge in [-0.25, -0.2) is 5.43 Å². The summed E-state index contributed by atoms with van der Waals surface area (Å²) in [6, 6.07) is 23.2. The van der Waals surface area contributed by atoms with Crippen LogP contribution < -0.4 is 10.2 Å². The van der Waals surface area contributed by atoms with Gasteiger partial charge in [0.1, 0.15) is 11.5 Å². The summed E-state index contributed by atoms with van der Waals surface area (Å²) in [6.07, 6.45) is 1.43. The Morgan fingerprint density at radius 1 is 1.07 bits per heavy atom. The number of amides is 1. The number of phenols is 1. The van der Waals surface area contributed by atoms with Gasteiger partial charge in [-0.1, -0.05) is 36.4 Å². The molecule has 0 radical (unpaired) electrons. The van der Waals surface area contributed by atoms with Crippen LogP contribution in [0.15, 0.2) is 77.9 Å². The molecule has 2 N–H and O–H groups in total. The minimum Gasteiger partial charge on any atom is -0.508 e. The normalized spacial score (nSPS) is 10.4. The van der Waals surface area contributed by atoms with E-state index in [1.807, 2.05) is 24.3 Å². The average Bonchev–Trinajstić information content (AvgIpc) is 2.73. The summed E-state index contributed by atoms with van der Waals surface area (Å²) in [6.45, 7) is -0.173. The maximum atomic E-state index is 11.8. The van der Waals surface area contributed by atoms with Crippen LogP contribution in [-0.2, 0) is 4.79 Å². The maximum absolute atomic E-state index is 11.8. The van der Waals surface area contributed by atoms with Gasteiger partial charge in [0.15, 0.2) is 6.61 Å². The van der Waals surface area contributed by atoms with Crippen LogP contribution in [-0.4, -0.2) is 23.8 Å². The smallest absolute Gasteiger partial charge is 0.277 e.